The highest BCUT2D eigenvalue weighted by Gasteiger charge is 2.13. The molecular formula is C22H24BrClN2O. The molecule has 0 fully saturated rings. The van der Waals surface area contributed by atoms with Gasteiger partial charge in [-0.05, 0) is 54.2 Å². The van der Waals surface area contributed by atoms with Crippen LogP contribution < -0.4 is 5.43 Å². The van der Waals surface area contributed by atoms with Gasteiger partial charge in [-0.3, -0.25) is 9.78 Å². The summed E-state index contributed by atoms with van der Waals surface area (Å²) in [4.78, 5) is 20.4. The van der Waals surface area contributed by atoms with Gasteiger partial charge in [0.05, 0.1) is 15.7 Å². The van der Waals surface area contributed by atoms with Crippen molar-refractivity contribution in [1.82, 2.24) is 9.97 Å². The molecule has 0 amide bonds. The van der Waals surface area contributed by atoms with E-state index in [4.69, 9.17) is 0 Å². The number of nitrogens with zero attached hydrogens (tertiary/aromatic N) is 1. The molecule has 5 heteroatoms. The van der Waals surface area contributed by atoms with Crippen molar-refractivity contribution in [3.63, 3.8) is 0 Å². The van der Waals surface area contributed by atoms with Gasteiger partial charge < -0.3 is 4.98 Å². The van der Waals surface area contributed by atoms with E-state index in [9.17, 15) is 4.79 Å². The van der Waals surface area contributed by atoms with Crippen LogP contribution in [-0.4, -0.2) is 9.97 Å². The van der Waals surface area contributed by atoms with E-state index in [1.54, 1.807) is 6.20 Å². The highest BCUT2D eigenvalue weighted by molar-refractivity contribution is 9.10. The van der Waals surface area contributed by atoms with Gasteiger partial charge in [-0.25, -0.2) is 0 Å². The Balaban J connectivity index is 0.00000261. The molecule has 2 heterocycles. The van der Waals surface area contributed by atoms with Crippen LogP contribution in [0.15, 0.2) is 51.9 Å². The van der Waals surface area contributed by atoms with Crippen molar-refractivity contribution >= 4 is 28.3 Å². The fraction of sp³-hybridized carbons (Fsp3) is 0.273. The van der Waals surface area contributed by atoms with Crippen molar-refractivity contribution in [2.75, 3.05) is 0 Å². The quantitative estimate of drug-likeness (QED) is 0.502. The van der Waals surface area contributed by atoms with Gasteiger partial charge in [-0.1, -0.05) is 43.7 Å². The molecule has 0 aliphatic carbocycles. The molecule has 3 aromatic rings. The maximum Gasteiger partial charge on any atom is 0.204 e. The molecule has 0 radical (unpaired) electrons. The molecule has 0 bridgehead atoms. The zero-order chi connectivity index (χ0) is 18.7. The van der Waals surface area contributed by atoms with E-state index < -0.39 is 0 Å². The average Bonchev–Trinajstić information content (AvgIpc) is 2.65. The first-order chi connectivity index (χ1) is 12.5. The number of aryl methyl sites for hydroxylation is 3. The lowest BCUT2D eigenvalue weighted by Gasteiger charge is -2.09. The van der Waals surface area contributed by atoms with Crippen LogP contribution in [0.4, 0.5) is 0 Å². The minimum absolute atomic E-state index is 0. The molecule has 0 spiro atoms. The predicted molar refractivity (Wildman–Crippen MR) is 119 cm³/mol. The fourth-order valence-corrected chi connectivity index (χ4v) is 3.43. The van der Waals surface area contributed by atoms with Crippen LogP contribution >= 0.6 is 28.3 Å². The molecule has 3 rings (SSSR count). The monoisotopic (exact) mass is 446 g/mol. The first kappa shape index (κ1) is 21.4. The van der Waals surface area contributed by atoms with Crippen molar-refractivity contribution in [2.24, 2.45) is 0 Å². The number of hydrogen-bond acceptors (Lipinski definition) is 2. The molecule has 27 heavy (non-hydrogen) atoms. The number of halogens is 2. The van der Waals surface area contributed by atoms with E-state index in [1.165, 1.54) is 18.4 Å². The van der Waals surface area contributed by atoms with Crippen molar-refractivity contribution in [3.05, 3.63) is 74.2 Å². The average molecular weight is 448 g/mol. The van der Waals surface area contributed by atoms with Gasteiger partial charge in [0.2, 0.25) is 5.43 Å². The topological polar surface area (TPSA) is 45.8 Å². The van der Waals surface area contributed by atoms with Gasteiger partial charge in [-0.2, -0.15) is 0 Å². The first-order valence-corrected chi connectivity index (χ1v) is 9.75. The Kier molecular flexibility index (Phi) is 7.40. The highest BCUT2D eigenvalue weighted by atomic mass is 79.9. The minimum atomic E-state index is -0.00595. The number of aromatic nitrogens is 2. The summed E-state index contributed by atoms with van der Waals surface area (Å²) in [5.74, 6) is 0. The molecule has 0 atom stereocenters. The molecule has 0 unspecified atom stereocenters. The van der Waals surface area contributed by atoms with Crippen LogP contribution in [0.5, 0.6) is 0 Å². The predicted octanol–water partition coefficient (Wildman–Crippen LogP) is 6.25. The standard InChI is InChI=1S/C22H23BrN2O.ClH/c1-4-5-6-16-7-9-17(10-8-16)19-12-11-18(13-24-19)20-14(2)25-15(3)21(23)22(20)26;/h7-13H,4-6H2,1-3H3,(H,25,26);1H. The lowest BCUT2D eigenvalue weighted by Crippen LogP contribution is -2.12. The minimum Gasteiger partial charge on any atom is -0.361 e. The third kappa shape index (κ3) is 4.69. The highest BCUT2D eigenvalue weighted by Crippen LogP contribution is 2.24. The van der Waals surface area contributed by atoms with Gasteiger partial charge in [0, 0.05) is 28.7 Å². The Labute approximate surface area is 174 Å². The summed E-state index contributed by atoms with van der Waals surface area (Å²) in [6, 6.07) is 12.5. The second-order valence-electron chi connectivity index (χ2n) is 6.63. The number of nitrogens with one attached hydrogen (secondary N) is 1. The number of H-pyrrole nitrogens is 1. The summed E-state index contributed by atoms with van der Waals surface area (Å²) in [5.41, 5.74) is 6.54. The third-order valence-corrected chi connectivity index (χ3v) is 5.58. The van der Waals surface area contributed by atoms with Crippen molar-refractivity contribution < 1.29 is 0 Å². The van der Waals surface area contributed by atoms with Crippen LogP contribution in [0, 0.1) is 13.8 Å². The van der Waals surface area contributed by atoms with Gasteiger partial charge >= 0.3 is 0 Å². The molecule has 0 saturated heterocycles. The van der Waals surface area contributed by atoms with Crippen LogP contribution in [0.3, 0.4) is 0 Å². The molecule has 1 aromatic carbocycles. The summed E-state index contributed by atoms with van der Waals surface area (Å²) in [5, 5.41) is 0. The van der Waals surface area contributed by atoms with E-state index in [1.807, 2.05) is 26.0 Å². The Morgan fingerprint density at radius 1 is 1.00 bits per heavy atom. The third-order valence-electron chi connectivity index (χ3n) is 4.63. The summed E-state index contributed by atoms with van der Waals surface area (Å²) >= 11 is 3.37. The number of hydrogen-bond donors (Lipinski definition) is 1. The maximum atomic E-state index is 12.6. The van der Waals surface area contributed by atoms with Crippen molar-refractivity contribution in [1.29, 1.82) is 0 Å². The molecule has 0 saturated carbocycles. The van der Waals surface area contributed by atoms with E-state index in [-0.39, 0.29) is 17.8 Å². The van der Waals surface area contributed by atoms with Gasteiger partial charge in [-0.15, -0.1) is 12.4 Å². The fourth-order valence-electron chi connectivity index (χ4n) is 3.13. The Bertz CT molecular complexity index is 963. The largest absolute Gasteiger partial charge is 0.361 e. The van der Waals surface area contributed by atoms with E-state index >= 15 is 0 Å². The van der Waals surface area contributed by atoms with E-state index in [0.29, 0.717) is 10.0 Å². The number of aromatic amines is 1. The van der Waals surface area contributed by atoms with Crippen LogP contribution in [-0.2, 0) is 6.42 Å². The SMILES string of the molecule is CCCCc1ccc(-c2ccc(-c3c(C)[nH]c(C)c(Br)c3=O)cn2)cc1.Cl. The van der Waals surface area contributed by atoms with Crippen LogP contribution in [0.2, 0.25) is 0 Å². The normalized spacial score (nSPS) is 10.5. The van der Waals surface area contributed by atoms with E-state index in [2.05, 4.69) is 57.1 Å². The zero-order valence-corrected chi connectivity index (χ0v) is 18.2. The second-order valence-corrected chi connectivity index (χ2v) is 7.42. The van der Waals surface area contributed by atoms with Gasteiger partial charge in [0.25, 0.3) is 0 Å². The lowest BCUT2D eigenvalue weighted by atomic mass is 10.0. The first-order valence-electron chi connectivity index (χ1n) is 8.96. The summed E-state index contributed by atoms with van der Waals surface area (Å²) in [7, 11) is 0. The molecule has 3 nitrogen and oxygen atoms in total. The second kappa shape index (κ2) is 9.34. The summed E-state index contributed by atoms with van der Waals surface area (Å²) in [6.07, 6.45) is 5.32. The number of pyridine rings is 2. The van der Waals surface area contributed by atoms with E-state index in [0.717, 1.165) is 34.6 Å². The molecule has 0 aliphatic rings. The number of unbranched alkanes of at least 4 members (excludes halogenated alkanes) is 1. The van der Waals surface area contributed by atoms with Gasteiger partial charge in [0.15, 0.2) is 0 Å². The maximum absolute atomic E-state index is 12.6. The molecule has 142 valence electrons. The Morgan fingerprint density at radius 3 is 2.26 bits per heavy atom. The summed E-state index contributed by atoms with van der Waals surface area (Å²) in [6.45, 7) is 6.01. The van der Waals surface area contributed by atoms with Gasteiger partial charge in [0.1, 0.15) is 0 Å². The lowest BCUT2D eigenvalue weighted by molar-refractivity contribution is 0.795. The molecule has 0 aliphatic heterocycles. The molecular weight excluding hydrogens is 424 g/mol. The van der Waals surface area contributed by atoms with Crippen LogP contribution in [0.1, 0.15) is 36.7 Å². The smallest absolute Gasteiger partial charge is 0.204 e. The van der Waals surface area contributed by atoms with Crippen molar-refractivity contribution in [2.45, 2.75) is 40.0 Å². The molecule has 2 aromatic heterocycles. The van der Waals surface area contributed by atoms with Crippen LogP contribution in [0.25, 0.3) is 22.4 Å². The zero-order valence-electron chi connectivity index (χ0n) is 15.8. The van der Waals surface area contributed by atoms with Crippen molar-refractivity contribution in [3.8, 4) is 22.4 Å². The summed E-state index contributed by atoms with van der Waals surface area (Å²) < 4.78 is 0.574. The Hall–Kier alpha value is -1.91. The molecule has 1 N–H and O–H groups in total. The number of benzene rings is 1. The Morgan fingerprint density at radius 2 is 1.67 bits per heavy atom. The number of rotatable bonds is 5.